The predicted octanol–water partition coefficient (Wildman–Crippen LogP) is 2.72. The van der Waals surface area contributed by atoms with Crippen molar-refractivity contribution >= 4 is 17.4 Å². The molecule has 16 heavy (non-hydrogen) atoms. The summed E-state index contributed by atoms with van der Waals surface area (Å²) in [5.41, 5.74) is 2.12. The van der Waals surface area contributed by atoms with Crippen LogP contribution in [-0.2, 0) is 0 Å². The van der Waals surface area contributed by atoms with Gasteiger partial charge in [0, 0.05) is 24.2 Å². The van der Waals surface area contributed by atoms with Crippen molar-refractivity contribution < 1.29 is 0 Å². The van der Waals surface area contributed by atoms with Gasteiger partial charge in [-0.25, -0.2) is 9.98 Å². The van der Waals surface area contributed by atoms with Crippen LogP contribution in [0.5, 0.6) is 0 Å². The second-order valence-corrected chi connectivity index (χ2v) is 3.83. The molecule has 0 unspecified atom stereocenters. The zero-order valence-electron chi connectivity index (χ0n) is 9.64. The number of amidine groups is 2. The molecule has 1 aliphatic rings. The number of nitrogens with zero attached hydrogens (tertiary/aromatic N) is 3. The third-order valence-corrected chi connectivity index (χ3v) is 2.41. The minimum Gasteiger partial charge on any atom is -0.270 e. The number of benzene rings is 1. The molecule has 1 heterocycles. The molecule has 0 radical (unpaired) electrons. The molecule has 3 heteroatoms. The van der Waals surface area contributed by atoms with Gasteiger partial charge in [-0.15, -0.1) is 0 Å². The number of hydrogen-bond donors (Lipinski definition) is 0. The zero-order chi connectivity index (χ0) is 11.4. The quantitative estimate of drug-likeness (QED) is 0.688. The molecule has 2 rings (SSSR count). The minimum atomic E-state index is 0.763. The maximum Gasteiger partial charge on any atom is 0.161 e. The summed E-state index contributed by atoms with van der Waals surface area (Å²) in [6.45, 7) is 4.72. The van der Waals surface area contributed by atoms with E-state index in [-0.39, 0.29) is 0 Å². The molecule has 1 aromatic rings. The standard InChI is InChI=1S/C13H15N3/c1-10-8-9-14-11(2)16-13(15-10)12-6-4-3-5-7-12/h3-7H,8-9H2,1-2H3/b14-11+,15-10-,16-13-. The van der Waals surface area contributed by atoms with Crippen molar-refractivity contribution in [2.24, 2.45) is 15.0 Å². The van der Waals surface area contributed by atoms with Crippen molar-refractivity contribution in [3.63, 3.8) is 0 Å². The summed E-state index contributed by atoms with van der Waals surface area (Å²) < 4.78 is 0. The second-order valence-electron chi connectivity index (χ2n) is 3.83. The average Bonchev–Trinajstić information content (AvgIpc) is 2.27. The molecule has 1 aromatic carbocycles. The summed E-state index contributed by atoms with van der Waals surface area (Å²) in [6.07, 6.45) is 0.906. The van der Waals surface area contributed by atoms with Crippen molar-refractivity contribution in [3.8, 4) is 0 Å². The van der Waals surface area contributed by atoms with Gasteiger partial charge >= 0.3 is 0 Å². The molecule has 1 aliphatic heterocycles. The lowest BCUT2D eigenvalue weighted by atomic mass is 10.2. The topological polar surface area (TPSA) is 37.1 Å². The van der Waals surface area contributed by atoms with Gasteiger partial charge in [0.15, 0.2) is 5.84 Å². The van der Waals surface area contributed by atoms with Crippen LogP contribution in [0.3, 0.4) is 0 Å². The second kappa shape index (κ2) is 4.84. The van der Waals surface area contributed by atoms with E-state index in [4.69, 9.17) is 0 Å². The smallest absolute Gasteiger partial charge is 0.161 e. The SMILES string of the molecule is C/C1=N/C(c2ccccc2)=N\C(C)=N\CC1. The molecule has 0 N–H and O–H groups in total. The minimum absolute atomic E-state index is 0.763. The lowest BCUT2D eigenvalue weighted by molar-refractivity contribution is 1.02. The van der Waals surface area contributed by atoms with Gasteiger partial charge < -0.3 is 0 Å². The highest BCUT2D eigenvalue weighted by atomic mass is 15.0. The fourth-order valence-corrected chi connectivity index (χ4v) is 1.55. The van der Waals surface area contributed by atoms with Gasteiger partial charge in [-0.1, -0.05) is 30.3 Å². The lowest BCUT2D eigenvalue weighted by Crippen LogP contribution is -2.09. The van der Waals surface area contributed by atoms with Crippen LogP contribution in [0.25, 0.3) is 0 Å². The van der Waals surface area contributed by atoms with Crippen LogP contribution >= 0.6 is 0 Å². The largest absolute Gasteiger partial charge is 0.270 e. The molecule has 0 fully saturated rings. The van der Waals surface area contributed by atoms with E-state index in [0.717, 1.165) is 35.9 Å². The first kappa shape index (κ1) is 10.7. The van der Waals surface area contributed by atoms with Crippen molar-refractivity contribution in [1.29, 1.82) is 0 Å². The maximum atomic E-state index is 4.54. The molecule has 0 saturated heterocycles. The van der Waals surface area contributed by atoms with Gasteiger partial charge in [-0.2, -0.15) is 0 Å². The molecule has 0 bridgehead atoms. The van der Waals surface area contributed by atoms with Crippen molar-refractivity contribution in [2.45, 2.75) is 20.3 Å². The van der Waals surface area contributed by atoms with Gasteiger partial charge in [-0.3, -0.25) is 4.99 Å². The van der Waals surface area contributed by atoms with Gasteiger partial charge in [0.2, 0.25) is 0 Å². The first-order chi connectivity index (χ1) is 7.75. The fourth-order valence-electron chi connectivity index (χ4n) is 1.55. The Balaban J connectivity index is 2.43. The number of aliphatic imine (C=N–C) groups is 3. The Hall–Kier alpha value is -1.77. The third-order valence-electron chi connectivity index (χ3n) is 2.41. The molecular formula is C13H15N3. The van der Waals surface area contributed by atoms with Crippen LogP contribution in [0.15, 0.2) is 45.3 Å². The van der Waals surface area contributed by atoms with Crippen molar-refractivity contribution in [3.05, 3.63) is 35.9 Å². The Bertz CT molecular complexity index is 455. The van der Waals surface area contributed by atoms with E-state index in [1.54, 1.807) is 0 Å². The molecular weight excluding hydrogens is 198 g/mol. The van der Waals surface area contributed by atoms with E-state index >= 15 is 0 Å². The monoisotopic (exact) mass is 213 g/mol. The molecule has 0 spiro atoms. The van der Waals surface area contributed by atoms with Crippen LogP contribution in [0.2, 0.25) is 0 Å². The lowest BCUT2D eigenvalue weighted by Gasteiger charge is -2.07. The Labute approximate surface area is 95.7 Å². The summed E-state index contributed by atoms with van der Waals surface area (Å²) >= 11 is 0. The summed E-state index contributed by atoms with van der Waals surface area (Å²) in [4.78, 5) is 13.3. The molecule has 0 amide bonds. The zero-order valence-corrected chi connectivity index (χ0v) is 9.64. The predicted molar refractivity (Wildman–Crippen MR) is 68.7 cm³/mol. The van der Waals surface area contributed by atoms with Crippen LogP contribution in [0.4, 0.5) is 0 Å². The van der Waals surface area contributed by atoms with Crippen molar-refractivity contribution in [2.75, 3.05) is 6.54 Å². The summed E-state index contributed by atoms with van der Waals surface area (Å²) in [6, 6.07) is 10.0. The Morgan fingerprint density at radius 1 is 1.00 bits per heavy atom. The molecule has 3 nitrogen and oxygen atoms in total. The first-order valence-electron chi connectivity index (χ1n) is 5.45. The summed E-state index contributed by atoms with van der Waals surface area (Å²) in [5.74, 6) is 1.56. The average molecular weight is 213 g/mol. The van der Waals surface area contributed by atoms with Gasteiger partial charge in [0.1, 0.15) is 5.84 Å². The van der Waals surface area contributed by atoms with E-state index in [1.807, 2.05) is 44.2 Å². The van der Waals surface area contributed by atoms with E-state index in [9.17, 15) is 0 Å². The molecule has 82 valence electrons. The van der Waals surface area contributed by atoms with Crippen LogP contribution in [-0.4, -0.2) is 23.9 Å². The van der Waals surface area contributed by atoms with E-state index in [2.05, 4.69) is 15.0 Å². The van der Waals surface area contributed by atoms with E-state index < -0.39 is 0 Å². The molecule has 0 atom stereocenters. The highest BCUT2D eigenvalue weighted by Crippen LogP contribution is 2.06. The molecule has 0 saturated carbocycles. The highest BCUT2D eigenvalue weighted by molar-refractivity contribution is 6.11. The fraction of sp³-hybridized carbons (Fsp3) is 0.308. The third kappa shape index (κ3) is 2.63. The Morgan fingerprint density at radius 2 is 1.75 bits per heavy atom. The van der Waals surface area contributed by atoms with E-state index in [0.29, 0.717) is 0 Å². The van der Waals surface area contributed by atoms with Gasteiger partial charge in [-0.05, 0) is 13.8 Å². The van der Waals surface area contributed by atoms with Crippen LogP contribution in [0.1, 0.15) is 25.8 Å². The maximum absolute atomic E-state index is 4.54. The number of rotatable bonds is 1. The molecule has 0 aromatic heterocycles. The van der Waals surface area contributed by atoms with Crippen molar-refractivity contribution in [1.82, 2.24) is 0 Å². The van der Waals surface area contributed by atoms with Crippen LogP contribution < -0.4 is 0 Å². The number of hydrogen-bond acceptors (Lipinski definition) is 3. The van der Waals surface area contributed by atoms with Gasteiger partial charge in [0.05, 0.1) is 0 Å². The van der Waals surface area contributed by atoms with Gasteiger partial charge in [0.25, 0.3) is 0 Å². The Kier molecular flexibility index (Phi) is 3.25. The summed E-state index contributed by atoms with van der Waals surface area (Å²) in [5, 5.41) is 0. The Morgan fingerprint density at radius 3 is 2.50 bits per heavy atom. The highest BCUT2D eigenvalue weighted by Gasteiger charge is 2.05. The van der Waals surface area contributed by atoms with E-state index in [1.165, 1.54) is 0 Å². The summed E-state index contributed by atoms with van der Waals surface area (Å²) in [7, 11) is 0. The van der Waals surface area contributed by atoms with Crippen LogP contribution in [0, 0.1) is 0 Å². The normalized spacial score (nSPS) is 26.5. The molecule has 0 aliphatic carbocycles. The first-order valence-corrected chi connectivity index (χ1v) is 5.45.